The average Bonchev–Trinajstić information content (AvgIpc) is 2.89. The van der Waals surface area contributed by atoms with Crippen LogP contribution in [-0.4, -0.2) is 12.6 Å². The number of benzene rings is 1. The highest BCUT2D eigenvalue weighted by atomic mass is 16.5. The molecule has 3 rings (SSSR count). The number of rotatable bonds is 5. The lowest BCUT2D eigenvalue weighted by atomic mass is 9.87. The predicted octanol–water partition coefficient (Wildman–Crippen LogP) is 4.60. The molecule has 0 spiro atoms. The first-order valence-electron chi connectivity index (χ1n) is 8.61. The summed E-state index contributed by atoms with van der Waals surface area (Å²) in [6.07, 6.45) is 4.74. The number of hydrogen-bond donors (Lipinski definition) is 1. The Hall–Kier alpha value is -1.58. The number of nitrogens with two attached hydrogens (primary N) is 1. The molecule has 23 heavy (non-hydrogen) atoms. The molecule has 2 unspecified atom stereocenters. The first kappa shape index (κ1) is 16.3. The van der Waals surface area contributed by atoms with Crippen molar-refractivity contribution < 1.29 is 9.15 Å². The maximum Gasteiger partial charge on any atom is 0.134 e. The van der Waals surface area contributed by atoms with Crippen LogP contribution < -0.4 is 5.73 Å². The van der Waals surface area contributed by atoms with E-state index in [1.54, 1.807) is 0 Å². The SMILES string of the molecule is Cc1cccc(-c2cc(COCC3CCCC(N)C3)c(C)o2)c1. The fraction of sp³-hybridized carbons (Fsp3) is 0.500. The molecular weight excluding hydrogens is 286 g/mol. The number of ether oxygens (including phenoxy) is 1. The van der Waals surface area contributed by atoms with Gasteiger partial charge in [-0.1, -0.05) is 30.2 Å². The molecule has 2 atom stereocenters. The maximum atomic E-state index is 6.04. The van der Waals surface area contributed by atoms with Crippen LogP contribution in [0, 0.1) is 19.8 Å². The summed E-state index contributed by atoms with van der Waals surface area (Å²) < 4.78 is 11.9. The molecule has 1 saturated carbocycles. The molecule has 1 aromatic carbocycles. The Balaban J connectivity index is 1.58. The second kappa shape index (κ2) is 7.33. The predicted molar refractivity (Wildman–Crippen MR) is 93.2 cm³/mol. The molecule has 3 nitrogen and oxygen atoms in total. The Bertz CT molecular complexity index is 647. The van der Waals surface area contributed by atoms with Crippen LogP contribution in [-0.2, 0) is 11.3 Å². The van der Waals surface area contributed by atoms with E-state index < -0.39 is 0 Å². The second-order valence-electron chi connectivity index (χ2n) is 6.87. The third kappa shape index (κ3) is 4.24. The zero-order valence-corrected chi connectivity index (χ0v) is 14.2. The Kier molecular flexibility index (Phi) is 5.19. The third-order valence-electron chi connectivity index (χ3n) is 4.76. The van der Waals surface area contributed by atoms with Crippen molar-refractivity contribution in [1.29, 1.82) is 0 Å². The lowest BCUT2D eigenvalue weighted by Crippen LogP contribution is -2.29. The van der Waals surface area contributed by atoms with Gasteiger partial charge in [-0.05, 0) is 51.2 Å². The monoisotopic (exact) mass is 313 g/mol. The van der Waals surface area contributed by atoms with Gasteiger partial charge in [0, 0.05) is 23.8 Å². The fourth-order valence-corrected chi connectivity index (χ4v) is 3.42. The highest BCUT2D eigenvalue weighted by Gasteiger charge is 2.19. The Morgan fingerprint density at radius 2 is 2.09 bits per heavy atom. The van der Waals surface area contributed by atoms with Crippen LogP contribution in [0.3, 0.4) is 0 Å². The average molecular weight is 313 g/mol. The molecule has 2 aromatic rings. The van der Waals surface area contributed by atoms with Crippen molar-refractivity contribution >= 4 is 0 Å². The van der Waals surface area contributed by atoms with Gasteiger partial charge in [0.1, 0.15) is 11.5 Å². The minimum absolute atomic E-state index is 0.362. The van der Waals surface area contributed by atoms with Crippen molar-refractivity contribution in [3.63, 3.8) is 0 Å². The molecule has 124 valence electrons. The summed E-state index contributed by atoms with van der Waals surface area (Å²) in [5.74, 6) is 2.48. The molecule has 1 aromatic heterocycles. The molecule has 2 N–H and O–H groups in total. The van der Waals surface area contributed by atoms with Gasteiger partial charge < -0.3 is 14.9 Å². The van der Waals surface area contributed by atoms with E-state index in [4.69, 9.17) is 14.9 Å². The zero-order valence-electron chi connectivity index (χ0n) is 14.2. The molecule has 1 aliphatic rings. The minimum atomic E-state index is 0.362. The van der Waals surface area contributed by atoms with Gasteiger partial charge in [-0.15, -0.1) is 0 Å². The van der Waals surface area contributed by atoms with Crippen molar-refractivity contribution in [3.8, 4) is 11.3 Å². The van der Waals surface area contributed by atoms with Gasteiger partial charge in [0.15, 0.2) is 0 Å². The number of hydrogen-bond acceptors (Lipinski definition) is 3. The van der Waals surface area contributed by atoms with E-state index in [0.717, 1.165) is 42.1 Å². The van der Waals surface area contributed by atoms with E-state index in [9.17, 15) is 0 Å². The summed E-state index contributed by atoms with van der Waals surface area (Å²) in [7, 11) is 0. The van der Waals surface area contributed by atoms with Crippen molar-refractivity contribution in [2.24, 2.45) is 11.7 Å². The van der Waals surface area contributed by atoms with Crippen LogP contribution in [0.15, 0.2) is 34.7 Å². The quantitative estimate of drug-likeness (QED) is 0.877. The summed E-state index contributed by atoms with van der Waals surface area (Å²) in [6.45, 7) is 5.53. The fourth-order valence-electron chi connectivity index (χ4n) is 3.42. The summed E-state index contributed by atoms with van der Waals surface area (Å²) in [6, 6.07) is 10.9. The first-order valence-corrected chi connectivity index (χ1v) is 8.61. The van der Waals surface area contributed by atoms with Crippen LogP contribution >= 0.6 is 0 Å². The van der Waals surface area contributed by atoms with Gasteiger partial charge in [0.2, 0.25) is 0 Å². The molecule has 1 heterocycles. The lowest BCUT2D eigenvalue weighted by molar-refractivity contribution is 0.0702. The Morgan fingerprint density at radius 1 is 1.22 bits per heavy atom. The molecule has 1 fully saturated rings. The van der Waals surface area contributed by atoms with Gasteiger partial charge in [-0.3, -0.25) is 0 Å². The minimum Gasteiger partial charge on any atom is -0.461 e. The summed E-state index contributed by atoms with van der Waals surface area (Å²) in [5, 5.41) is 0. The topological polar surface area (TPSA) is 48.4 Å². The van der Waals surface area contributed by atoms with Gasteiger partial charge in [0.25, 0.3) is 0 Å². The van der Waals surface area contributed by atoms with E-state index in [0.29, 0.717) is 18.6 Å². The van der Waals surface area contributed by atoms with Crippen molar-refractivity contribution in [2.45, 2.75) is 52.2 Å². The molecule has 0 bridgehead atoms. The summed E-state index contributed by atoms with van der Waals surface area (Å²) in [4.78, 5) is 0. The highest BCUT2D eigenvalue weighted by molar-refractivity contribution is 5.59. The standard InChI is InChI=1S/C20H27NO2/c1-14-5-3-7-17(9-14)20-11-18(15(2)23-20)13-22-12-16-6-4-8-19(21)10-16/h3,5,7,9,11,16,19H,4,6,8,10,12-13,21H2,1-2H3. The normalized spacial score (nSPS) is 21.5. The van der Waals surface area contributed by atoms with Gasteiger partial charge in [-0.2, -0.15) is 0 Å². The molecule has 0 amide bonds. The lowest BCUT2D eigenvalue weighted by Gasteiger charge is -2.26. The van der Waals surface area contributed by atoms with E-state index >= 15 is 0 Å². The van der Waals surface area contributed by atoms with E-state index in [1.165, 1.54) is 18.4 Å². The molecule has 1 aliphatic carbocycles. The zero-order chi connectivity index (χ0) is 16.2. The Labute approximate surface area is 138 Å². The van der Waals surface area contributed by atoms with Crippen LogP contribution in [0.2, 0.25) is 0 Å². The molecule has 3 heteroatoms. The van der Waals surface area contributed by atoms with E-state index in [-0.39, 0.29) is 0 Å². The highest BCUT2D eigenvalue weighted by Crippen LogP contribution is 2.27. The maximum absolute atomic E-state index is 6.04. The van der Waals surface area contributed by atoms with Crippen LogP contribution in [0.1, 0.15) is 42.6 Å². The Morgan fingerprint density at radius 3 is 2.87 bits per heavy atom. The van der Waals surface area contributed by atoms with Crippen molar-refractivity contribution in [3.05, 3.63) is 47.2 Å². The third-order valence-corrected chi connectivity index (χ3v) is 4.76. The molecular formula is C20H27NO2. The van der Waals surface area contributed by atoms with Gasteiger partial charge in [-0.25, -0.2) is 0 Å². The van der Waals surface area contributed by atoms with Gasteiger partial charge in [0.05, 0.1) is 6.61 Å². The summed E-state index contributed by atoms with van der Waals surface area (Å²) in [5.41, 5.74) is 9.54. The van der Waals surface area contributed by atoms with E-state index in [2.05, 4.69) is 37.3 Å². The smallest absolute Gasteiger partial charge is 0.134 e. The van der Waals surface area contributed by atoms with Gasteiger partial charge >= 0.3 is 0 Å². The van der Waals surface area contributed by atoms with Crippen LogP contribution in [0.4, 0.5) is 0 Å². The summed E-state index contributed by atoms with van der Waals surface area (Å²) >= 11 is 0. The largest absolute Gasteiger partial charge is 0.461 e. The molecule has 0 saturated heterocycles. The van der Waals surface area contributed by atoms with E-state index in [1.807, 2.05) is 6.92 Å². The number of aryl methyl sites for hydroxylation is 2. The molecule has 0 radical (unpaired) electrons. The van der Waals surface area contributed by atoms with Crippen LogP contribution in [0.25, 0.3) is 11.3 Å². The molecule has 0 aliphatic heterocycles. The number of furan rings is 1. The first-order chi connectivity index (χ1) is 11.1. The van der Waals surface area contributed by atoms with Crippen LogP contribution in [0.5, 0.6) is 0 Å². The second-order valence-corrected chi connectivity index (χ2v) is 6.87. The van der Waals surface area contributed by atoms with Crippen molar-refractivity contribution in [2.75, 3.05) is 6.61 Å². The van der Waals surface area contributed by atoms with Crippen molar-refractivity contribution in [1.82, 2.24) is 0 Å².